The Morgan fingerprint density at radius 2 is 1.58 bits per heavy atom. The minimum atomic E-state index is -1.13. The normalized spacial score (nSPS) is 12.3. The standard InChI is InChI=1S/C23H28N2O6/c1-30-22(28)20(13-12-17-8-4-2-5-9-17)25-21(27)14-19(26)15-24-23(29)31-16-18-10-6-3-7-11-18/h2-11,19-20,26H,12-16H2,1H3,(H,24,29)(H,25,27)/t19-,20+/m0/s1. The summed E-state index contributed by atoms with van der Waals surface area (Å²) in [6.07, 6.45) is -1.16. The van der Waals surface area contributed by atoms with E-state index in [1.165, 1.54) is 7.11 Å². The molecule has 2 rings (SSSR count). The molecule has 0 saturated heterocycles. The summed E-state index contributed by atoms with van der Waals surface area (Å²) in [5, 5.41) is 15.0. The summed E-state index contributed by atoms with van der Waals surface area (Å²) in [4.78, 5) is 35.9. The van der Waals surface area contributed by atoms with Gasteiger partial charge in [-0.3, -0.25) is 4.79 Å². The van der Waals surface area contributed by atoms with Gasteiger partial charge in [0, 0.05) is 6.54 Å². The summed E-state index contributed by atoms with van der Waals surface area (Å²) < 4.78 is 9.80. The molecule has 0 aliphatic rings. The third-order valence-corrected chi connectivity index (χ3v) is 4.50. The number of carbonyl (C=O) groups is 3. The lowest BCUT2D eigenvalue weighted by Crippen LogP contribution is -2.44. The maximum Gasteiger partial charge on any atom is 0.407 e. The average molecular weight is 428 g/mol. The maximum absolute atomic E-state index is 12.2. The van der Waals surface area contributed by atoms with Crippen molar-refractivity contribution in [3.05, 3.63) is 71.8 Å². The Hall–Kier alpha value is -3.39. The third kappa shape index (κ3) is 9.31. The molecular weight excluding hydrogens is 400 g/mol. The first kappa shape index (κ1) is 23.9. The molecule has 0 unspecified atom stereocenters. The number of esters is 1. The Labute approximate surface area is 181 Å². The number of hydrogen-bond acceptors (Lipinski definition) is 6. The number of aliphatic hydroxyl groups is 1. The zero-order valence-corrected chi connectivity index (χ0v) is 17.5. The molecule has 166 valence electrons. The van der Waals surface area contributed by atoms with Gasteiger partial charge in [0.2, 0.25) is 5.91 Å². The number of methoxy groups -OCH3 is 1. The summed E-state index contributed by atoms with van der Waals surface area (Å²) in [7, 11) is 1.25. The van der Waals surface area contributed by atoms with Gasteiger partial charge in [0.05, 0.1) is 19.6 Å². The fourth-order valence-corrected chi connectivity index (χ4v) is 2.86. The van der Waals surface area contributed by atoms with Crippen LogP contribution in [0.4, 0.5) is 4.79 Å². The molecule has 0 aliphatic heterocycles. The van der Waals surface area contributed by atoms with E-state index in [9.17, 15) is 19.5 Å². The van der Waals surface area contributed by atoms with Crippen LogP contribution in [0.25, 0.3) is 0 Å². The molecule has 0 radical (unpaired) electrons. The Morgan fingerprint density at radius 1 is 0.968 bits per heavy atom. The Kier molecular flexibility index (Phi) is 10.0. The summed E-state index contributed by atoms with van der Waals surface area (Å²) in [5.74, 6) is -1.07. The lowest BCUT2D eigenvalue weighted by Gasteiger charge is -2.18. The van der Waals surface area contributed by atoms with Crippen LogP contribution in [0, 0.1) is 0 Å². The van der Waals surface area contributed by atoms with Crippen molar-refractivity contribution in [2.24, 2.45) is 0 Å². The number of hydrogen-bond donors (Lipinski definition) is 3. The third-order valence-electron chi connectivity index (χ3n) is 4.50. The number of carbonyl (C=O) groups excluding carboxylic acids is 3. The van der Waals surface area contributed by atoms with Crippen molar-refractivity contribution in [2.75, 3.05) is 13.7 Å². The first-order valence-corrected chi connectivity index (χ1v) is 10.0. The lowest BCUT2D eigenvalue weighted by atomic mass is 10.0. The molecule has 0 fully saturated rings. The van der Waals surface area contributed by atoms with Crippen molar-refractivity contribution in [1.29, 1.82) is 0 Å². The van der Waals surface area contributed by atoms with Crippen molar-refractivity contribution in [2.45, 2.75) is 38.0 Å². The van der Waals surface area contributed by atoms with Gasteiger partial charge in [-0.25, -0.2) is 9.59 Å². The second-order valence-electron chi connectivity index (χ2n) is 6.97. The van der Waals surface area contributed by atoms with Gasteiger partial charge < -0.3 is 25.2 Å². The van der Waals surface area contributed by atoms with Gasteiger partial charge in [0.1, 0.15) is 12.6 Å². The maximum atomic E-state index is 12.2. The van der Waals surface area contributed by atoms with Gasteiger partial charge in [-0.1, -0.05) is 60.7 Å². The van der Waals surface area contributed by atoms with Crippen LogP contribution in [0.5, 0.6) is 0 Å². The molecule has 0 bridgehead atoms. The van der Waals surface area contributed by atoms with Crippen molar-refractivity contribution in [3.8, 4) is 0 Å². The highest BCUT2D eigenvalue weighted by Crippen LogP contribution is 2.07. The van der Waals surface area contributed by atoms with Gasteiger partial charge in [-0.2, -0.15) is 0 Å². The number of aliphatic hydroxyl groups excluding tert-OH is 1. The smallest absolute Gasteiger partial charge is 0.407 e. The van der Waals surface area contributed by atoms with Crippen molar-refractivity contribution >= 4 is 18.0 Å². The van der Waals surface area contributed by atoms with Crippen molar-refractivity contribution < 1.29 is 29.0 Å². The summed E-state index contributed by atoms with van der Waals surface area (Å²) in [6, 6.07) is 17.9. The number of amides is 2. The Bertz CT molecular complexity index is 828. The van der Waals surface area contributed by atoms with Crippen LogP contribution < -0.4 is 10.6 Å². The minimum absolute atomic E-state index is 0.103. The number of rotatable bonds is 11. The van der Waals surface area contributed by atoms with E-state index in [1.807, 2.05) is 60.7 Å². The number of aryl methyl sites for hydroxylation is 1. The topological polar surface area (TPSA) is 114 Å². The van der Waals surface area contributed by atoms with E-state index in [0.717, 1.165) is 11.1 Å². The van der Waals surface area contributed by atoms with E-state index in [1.54, 1.807) is 0 Å². The molecule has 31 heavy (non-hydrogen) atoms. The van der Waals surface area contributed by atoms with E-state index in [-0.39, 0.29) is 19.6 Å². The molecule has 0 heterocycles. The number of nitrogens with one attached hydrogen (secondary N) is 2. The van der Waals surface area contributed by atoms with E-state index >= 15 is 0 Å². The predicted octanol–water partition coefficient (Wildman–Crippen LogP) is 1.95. The van der Waals surface area contributed by atoms with Crippen LogP contribution in [-0.2, 0) is 32.1 Å². The minimum Gasteiger partial charge on any atom is -0.467 e. The monoisotopic (exact) mass is 428 g/mol. The van der Waals surface area contributed by atoms with Crippen LogP contribution in [0.2, 0.25) is 0 Å². The molecule has 0 spiro atoms. The van der Waals surface area contributed by atoms with Gasteiger partial charge in [-0.15, -0.1) is 0 Å². The molecule has 2 aromatic rings. The number of alkyl carbamates (subject to hydrolysis) is 1. The summed E-state index contributed by atoms with van der Waals surface area (Å²) in [6.45, 7) is -0.0561. The second kappa shape index (κ2) is 13.0. The quantitative estimate of drug-likeness (QED) is 0.472. The van der Waals surface area contributed by atoms with Gasteiger partial charge in [0.15, 0.2) is 0 Å². The zero-order valence-electron chi connectivity index (χ0n) is 17.5. The Morgan fingerprint density at radius 3 is 2.19 bits per heavy atom. The molecule has 2 aromatic carbocycles. The highest BCUT2D eigenvalue weighted by Gasteiger charge is 2.22. The first-order valence-electron chi connectivity index (χ1n) is 10.0. The van der Waals surface area contributed by atoms with E-state index in [2.05, 4.69) is 10.6 Å². The van der Waals surface area contributed by atoms with E-state index < -0.39 is 30.1 Å². The largest absolute Gasteiger partial charge is 0.467 e. The van der Waals surface area contributed by atoms with Gasteiger partial charge >= 0.3 is 12.1 Å². The van der Waals surface area contributed by atoms with E-state index in [0.29, 0.717) is 12.8 Å². The first-order chi connectivity index (χ1) is 15.0. The van der Waals surface area contributed by atoms with E-state index in [4.69, 9.17) is 9.47 Å². The molecule has 3 N–H and O–H groups in total. The molecule has 0 aliphatic carbocycles. The zero-order chi connectivity index (χ0) is 22.5. The van der Waals surface area contributed by atoms with Crippen LogP contribution in [-0.4, -0.2) is 48.9 Å². The Balaban J connectivity index is 1.72. The molecule has 2 atom stereocenters. The highest BCUT2D eigenvalue weighted by atomic mass is 16.5. The van der Waals surface area contributed by atoms with Gasteiger partial charge in [-0.05, 0) is 24.0 Å². The predicted molar refractivity (Wildman–Crippen MR) is 114 cm³/mol. The molecule has 8 nitrogen and oxygen atoms in total. The molecule has 8 heteroatoms. The fraction of sp³-hybridized carbons (Fsp3) is 0.348. The highest BCUT2D eigenvalue weighted by molar-refractivity contribution is 5.84. The van der Waals surface area contributed by atoms with Crippen molar-refractivity contribution in [3.63, 3.8) is 0 Å². The van der Waals surface area contributed by atoms with Crippen LogP contribution in [0.1, 0.15) is 24.0 Å². The second-order valence-corrected chi connectivity index (χ2v) is 6.97. The summed E-state index contributed by atoms with van der Waals surface area (Å²) >= 11 is 0. The number of ether oxygens (including phenoxy) is 2. The average Bonchev–Trinajstić information content (AvgIpc) is 2.79. The lowest BCUT2D eigenvalue weighted by molar-refractivity contribution is -0.145. The molecule has 0 saturated carbocycles. The molecule has 2 amide bonds. The SMILES string of the molecule is COC(=O)[C@@H](CCc1ccccc1)NC(=O)C[C@H](O)CNC(=O)OCc1ccccc1. The van der Waals surface area contributed by atoms with Crippen molar-refractivity contribution in [1.82, 2.24) is 10.6 Å². The molecular formula is C23H28N2O6. The van der Waals surface area contributed by atoms with Crippen LogP contribution in [0.15, 0.2) is 60.7 Å². The fourth-order valence-electron chi connectivity index (χ4n) is 2.86. The van der Waals surface area contributed by atoms with Crippen LogP contribution >= 0.6 is 0 Å². The number of benzene rings is 2. The molecule has 0 aromatic heterocycles. The summed E-state index contributed by atoms with van der Waals surface area (Å²) in [5.41, 5.74) is 1.87. The van der Waals surface area contributed by atoms with Crippen LogP contribution in [0.3, 0.4) is 0 Å². The van der Waals surface area contributed by atoms with Gasteiger partial charge in [0.25, 0.3) is 0 Å².